The average Bonchev–Trinajstić information content (AvgIpc) is 2.35. The summed E-state index contributed by atoms with van der Waals surface area (Å²) in [5.41, 5.74) is 2.32. The van der Waals surface area contributed by atoms with Crippen LogP contribution in [0, 0.1) is 5.82 Å². The van der Waals surface area contributed by atoms with E-state index in [0.29, 0.717) is 10.9 Å². The second kappa shape index (κ2) is 5.29. The Hall–Kier alpha value is -1.06. The van der Waals surface area contributed by atoms with Crippen LogP contribution in [0.2, 0.25) is 10.0 Å². The molecular formula is C13H13Cl2FN2. The van der Waals surface area contributed by atoms with Gasteiger partial charge in [-0.15, -0.1) is 0 Å². The number of pyridine rings is 1. The normalized spacial score (nSPS) is 10.9. The van der Waals surface area contributed by atoms with E-state index in [9.17, 15) is 4.39 Å². The Morgan fingerprint density at radius 3 is 2.61 bits per heavy atom. The minimum atomic E-state index is -0.601. The fourth-order valence-electron chi connectivity index (χ4n) is 1.86. The number of anilines is 1. The Kier molecular flexibility index (Phi) is 3.93. The van der Waals surface area contributed by atoms with Crippen LogP contribution in [-0.2, 0) is 6.42 Å². The minimum Gasteiger partial charge on any atom is -0.385 e. The van der Waals surface area contributed by atoms with E-state index < -0.39 is 5.82 Å². The lowest BCUT2D eigenvalue weighted by Crippen LogP contribution is -2.01. The number of halogens is 3. The molecule has 0 atom stereocenters. The van der Waals surface area contributed by atoms with Gasteiger partial charge in [-0.3, -0.25) is 4.98 Å². The van der Waals surface area contributed by atoms with Crippen molar-refractivity contribution < 1.29 is 4.39 Å². The zero-order chi connectivity index (χ0) is 13.3. The van der Waals surface area contributed by atoms with E-state index in [2.05, 4.69) is 10.3 Å². The summed E-state index contributed by atoms with van der Waals surface area (Å²) < 4.78 is 13.7. The Bertz CT molecular complexity index is 599. The molecule has 1 aromatic heterocycles. The Morgan fingerprint density at radius 1 is 1.28 bits per heavy atom. The number of fused-ring (bicyclic) bond motifs is 1. The maximum atomic E-state index is 13.7. The third kappa shape index (κ3) is 2.25. The smallest absolute Gasteiger partial charge is 0.161 e. The van der Waals surface area contributed by atoms with Gasteiger partial charge in [0.1, 0.15) is 0 Å². The number of aromatic nitrogens is 1. The SMILES string of the molecule is CCNc1cc(CC)nc2cc(Cl)c(F)c(Cl)c12. The Morgan fingerprint density at radius 2 is 2.00 bits per heavy atom. The molecule has 96 valence electrons. The van der Waals surface area contributed by atoms with E-state index in [4.69, 9.17) is 23.2 Å². The molecule has 1 heterocycles. The predicted molar refractivity (Wildman–Crippen MR) is 75.3 cm³/mol. The van der Waals surface area contributed by atoms with Gasteiger partial charge < -0.3 is 5.32 Å². The van der Waals surface area contributed by atoms with Crippen molar-refractivity contribution in [2.75, 3.05) is 11.9 Å². The standard InChI is InChI=1S/C13H13Cl2FN2/c1-3-7-5-9(17-4-2)11-10(18-7)6-8(14)13(16)12(11)15/h5-6H,3-4H2,1-2H3,(H,17,18). The van der Waals surface area contributed by atoms with Gasteiger partial charge in [0.05, 0.1) is 15.6 Å². The molecule has 0 aliphatic heterocycles. The number of nitrogens with zero attached hydrogens (tertiary/aromatic N) is 1. The number of benzene rings is 1. The number of hydrogen-bond acceptors (Lipinski definition) is 2. The molecule has 0 fully saturated rings. The molecule has 2 rings (SSSR count). The summed E-state index contributed by atoms with van der Waals surface area (Å²) in [5.74, 6) is -0.601. The van der Waals surface area contributed by atoms with Crippen LogP contribution < -0.4 is 5.32 Å². The van der Waals surface area contributed by atoms with E-state index in [0.717, 1.165) is 24.3 Å². The van der Waals surface area contributed by atoms with Gasteiger partial charge in [-0.05, 0) is 25.5 Å². The number of nitrogens with one attached hydrogen (secondary N) is 1. The van der Waals surface area contributed by atoms with Crippen LogP contribution in [0.4, 0.5) is 10.1 Å². The van der Waals surface area contributed by atoms with Crippen molar-refractivity contribution in [3.05, 3.63) is 33.7 Å². The molecule has 0 aliphatic carbocycles. The summed E-state index contributed by atoms with van der Waals surface area (Å²) in [4.78, 5) is 4.42. The highest BCUT2D eigenvalue weighted by atomic mass is 35.5. The lowest BCUT2D eigenvalue weighted by atomic mass is 10.1. The number of rotatable bonds is 3. The van der Waals surface area contributed by atoms with Gasteiger partial charge in [0.25, 0.3) is 0 Å². The minimum absolute atomic E-state index is 0.00398. The lowest BCUT2D eigenvalue weighted by molar-refractivity contribution is 0.630. The summed E-state index contributed by atoms with van der Waals surface area (Å²) in [5, 5.41) is 3.77. The van der Waals surface area contributed by atoms with Gasteiger partial charge in [0.2, 0.25) is 0 Å². The quantitative estimate of drug-likeness (QED) is 0.829. The number of hydrogen-bond donors (Lipinski definition) is 1. The summed E-state index contributed by atoms with van der Waals surface area (Å²) in [6.07, 6.45) is 0.793. The summed E-state index contributed by atoms with van der Waals surface area (Å²) in [7, 11) is 0. The zero-order valence-electron chi connectivity index (χ0n) is 10.2. The first-order valence-electron chi connectivity index (χ1n) is 5.79. The highest BCUT2D eigenvalue weighted by Crippen LogP contribution is 2.35. The molecular weight excluding hydrogens is 274 g/mol. The van der Waals surface area contributed by atoms with Crippen LogP contribution in [-0.4, -0.2) is 11.5 Å². The molecule has 0 unspecified atom stereocenters. The fourth-order valence-corrected chi connectivity index (χ4v) is 2.41. The van der Waals surface area contributed by atoms with Crippen molar-refractivity contribution in [3.8, 4) is 0 Å². The molecule has 1 aromatic carbocycles. The van der Waals surface area contributed by atoms with Crippen molar-refractivity contribution in [1.29, 1.82) is 0 Å². The van der Waals surface area contributed by atoms with Crippen LogP contribution in [0.3, 0.4) is 0 Å². The van der Waals surface area contributed by atoms with Crippen molar-refractivity contribution in [2.45, 2.75) is 20.3 Å². The second-order valence-electron chi connectivity index (χ2n) is 3.93. The lowest BCUT2D eigenvalue weighted by Gasteiger charge is -2.12. The molecule has 5 heteroatoms. The second-order valence-corrected chi connectivity index (χ2v) is 4.71. The first-order chi connectivity index (χ1) is 8.58. The van der Waals surface area contributed by atoms with E-state index in [1.54, 1.807) is 0 Å². The Balaban J connectivity index is 2.82. The van der Waals surface area contributed by atoms with Crippen molar-refractivity contribution in [1.82, 2.24) is 4.98 Å². The largest absolute Gasteiger partial charge is 0.385 e. The third-order valence-electron chi connectivity index (χ3n) is 2.72. The molecule has 0 saturated carbocycles. The van der Waals surface area contributed by atoms with Crippen LogP contribution in [0.25, 0.3) is 10.9 Å². The summed E-state index contributed by atoms with van der Waals surface area (Å²) >= 11 is 11.8. The monoisotopic (exact) mass is 286 g/mol. The molecule has 2 aromatic rings. The molecule has 18 heavy (non-hydrogen) atoms. The van der Waals surface area contributed by atoms with Gasteiger partial charge in [0, 0.05) is 23.3 Å². The van der Waals surface area contributed by atoms with Crippen LogP contribution in [0.1, 0.15) is 19.5 Å². The van der Waals surface area contributed by atoms with Gasteiger partial charge in [-0.25, -0.2) is 4.39 Å². The van der Waals surface area contributed by atoms with E-state index in [1.165, 1.54) is 6.07 Å². The van der Waals surface area contributed by atoms with Crippen LogP contribution in [0.15, 0.2) is 12.1 Å². The number of aryl methyl sites for hydroxylation is 1. The van der Waals surface area contributed by atoms with Crippen LogP contribution >= 0.6 is 23.2 Å². The third-order valence-corrected chi connectivity index (χ3v) is 3.35. The molecule has 0 aliphatic rings. The summed E-state index contributed by atoms with van der Waals surface area (Å²) in [6.45, 7) is 4.71. The molecule has 2 nitrogen and oxygen atoms in total. The topological polar surface area (TPSA) is 24.9 Å². The first kappa shape index (κ1) is 13.4. The predicted octanol–water partition coefficient (Wildman–Crippen LogP) is 4.67. The maximum Gasteiger partial charge on any atom is 0.161 e. The molecule has 1 N–H and O–H groups in total. The molecule has 0 spiro atoms. The van der Waals surface area contributed by atoms with Crippen molar-refractivity contribution in [3.63, 3.8) is 0 Å². The average molecular weight is 287 g/mol. The van der Waals surface area contributed by atoms with Crippen LogP contribution in [0.5, 0.6) is 0 Å². The van der Waals surface area contributed by atoms with Crippen molar-refractivity contribution in [2.24, 2.45) is 0 Å². The van der Waals surface area contributed by atoms with E-state index in [-0.39, 0.29) is 10.0 Å². The maximum absolute atomic E-state index is 13.7. The molecule has 0 radical (unpaired) electrons. The first-order valence-corrected chi connectivity index (χ1v) is 6.55. The molecule has 0 bridgehead atoms. The molecule has 0 saturated heterocycles. The van der Waals surface area contributed by atoms with E-state index >= 15 is 0 Å². The van der Waals surface area contributed by atoms with Crippen molar-refractivity contribution >= 4 is 39.8 Å². The van der Waals surface area contributed by atoms with Gasteiger partial charge in [-0.1, -0.05) is 30.1 Å². The van der Waals surface area contributed by atoms with Gasteiger partial charge in [0.15, 0.2) is 5.82 Å². The molecule has 0 amide bonds. The highest BCUT2D eigenvalue weighted by molar-refractivity contribution is 6.39. The fraction of sp³-hybridized carbons (Fsp3) is 0.308. The zero-order valence-corrected chi connectivity index (χ0v) is 11.7. The van der Waals surface area contributed by atoms with Gasteiger partial charge in [-0.2, -0.15) is 0 Å². The van der Waals surface area contributed by atoms with E-state index in [1.807, 2.05) is 19.9 Å². The summed E-state index contributed by atoms with van der Waals surface area (Å²) in [6, 6.07) is 3.41. The Labute approximate surface area is 115 Å². The van der Waals surface area contributed by atoms with Gasteiger partial charge >= 0.3 is 0 Å². The highest BCUT2D eigenvalue weighted by Gasteiger charge is 2.15.